The number of unbranched alkanes of at least 4 members (excludes halogenated alkanes) is 5. The van der Waals surface area contributed by atoms with Crippen molar-refractivity contribution in [3.63, 3.8) is 0 Å². The highest BCUT2D eigenvalue weighted by molar-refractivity contribution is 5.98. The minimum Gasteiger partial charge on any atom is -0.508 e. The number of nitrogens with zero attached hydrogens (tertiary/aromatic N) is 2. The summed E-state index contributed by atoms with van der Waals surface area (Å²) in [6, 6.07) is -6.41. The van der Waals surface area contributed by atoms with Gasteiger partial charge in [-0.25, -0.2) is 0 Å². The molecule has 1 aromatic carbocycles. The minimum atomic E-state index is -2.28. The van der Waals surface area contributed by atoms with Crippen LogP contribution in [0.15, 0.2) is 24.3 Å². The molecule has 3 heterocycles. The average molecular weight is 1070 g/mol. The number of fused-ring (bicyclic) bond motifs is 2. The summed E-state index contributed by atoms with van der Waals surface area (Å²) in [6.07, 6.45) is -7.21. The van der Waals surface area contributed by atoms with Crippen LogP contribution in [0.4, 0.5) is 0 Å². The summed E-state index contributed by atoms with van der Waals surface area (Å²) in [5.74, 6) is -6.50. The fraction of sp³-hybridized carbons (Fsp3) is 0.745. The lowest BCUT2D eigenvalue weighted by Crippen LogP contribution is -2.64. The molecule has 16 atom stereocenters. The maximum absolute atomic E-state index is 14.5. The van der Waals surface area contributed by atoms with Crippen LogP contribution in [0.2, 0.25) is 0 Å². The van der Waals surface area contributed by atoms with Crippen molar-refractivity contribution in [3.05, 3.63) is 29.8 Å². The Bertz CT molecular complexity index is 2040. The van der Waals surface area contributed by atoms with Crippen molar-refractivity contribution in [2.24, 2.45) is 17.6 Å². The van der Waals surface area contributed by atoms with Crippen LogP contribution in [0.5, 0.6) is 5.75 Å². The number of carbonyl (C=O) groups excluding carboxylic acids is 7. The SMILES string of the molecule is CCC(C)CC(C)CCCCCCCCC(=O)NC1CC(O)C(OC)NC(=O)C2C(O)CCN2C(=O)C(C(O)CCN)NC(=O)C(C(O)C(O)c2ccc(O)cc2)NC(=O)C2CC(O)CN2C(=O)C(C(C)O)NC1=O. The lowest BCUT2D eigenvalue weighted by Gasteiger charge is -2.34. The largest absolute Gasteiger partial charge is 0.508 e. The topological polar surface area (TPSA) is 383 Å². The molecule has 0 saturated carbocycles. The second-order valence-corrected chi connectivity index (χ2v) is 20.7. The first-order valence-corrected chi connectivity index (χ1v) is 26.4. The number of hydrogen-bond donors (Lipinski definition) is 14. The molecule has 0 aromatic heterocycles. The third kappa shape index (κ3) is 17.8. The number of amides is 7. The Hall–Kier alpha value is -5.05. The van der Waals surface area contributed by atoms with E-state index in [1.54, 1.807) is 0 Å². The number of benzene rings is 1. The summed E-state index contributed by atoms with van der Waals surface area (Å²) < 4.78 is 5.41. The van der Waals surface area contributed by atoms with E-state index in [1.807, 2.05) is 0 Å². The second-order valence-electron chi connectivity index (χ2n) is 20.7. The van der Waals surface area contributed by atoms with Gasteiger partial charge in [0.25, 0.3) is 0 Å². The first-order chi connectivity index (χ1) is 35.5. The number of aromatic hydroxyl groups is 1. The summed E-state index contributed by atoms with van der Waals surface area (Å²) >= 11 is 0. The Labute approximate surface area is 438 Å². The van der Waals surface area contributed by atoms with Gasteiger partial charge in [-0.3, -0.25) is 33.6 Å². The van der Waals surface area contributed by atoms with Crippen LogP contribution in [0.25, 0.3) is 0 Å². The lowest BCUT2D eigenvalue weighted by molar-refractivity contribution is -0.149. The molecule has 75 heavy (non-hydrogen) atoms. The molecule has 7 amide bonds. The van der Waals surface area contributed by atoms with Crippen LogP contribution in [0, 0.1) is 11.8 Å². The van der Waals surface area contributed by atoms with E-state index < -0.39 is 146 Å². The molecular weight excluding hydrogens is 981 g/mol. The van der Waals surface area contributed by atoms with Gasteiger partial charge >= 0.3 is 0 Å². The monoisotopic (exact) mass is 1060 g/mol. The van der Waals surface area contributed by atoms with E-state index >= 15 is 0 Å². The van der Waals surface area contributed by atoms with Crippen molar-refractivity contribution in [2.45, 2.75) is 203 Å². The molecular formula is C51H84N8O16. The summed E-state index contributed by atoms with van der Waals surface area (Å²) in [6.45, 7) is 6.80. The van der Waals surface area contributed by atoms with Crippen molar-refractivity contribution in [1.82, 2.24) is 36.4 Å². The minimum absolute atomic E-state index is 0.0269. The lowest BCUT2D eigenvalue weighted by atomic mass is 9.91. The molecule has 24 heteroatoms. The molecule has 15 N–H and O–H groups in total. The number of nitrogens with one attached hydrogen (secondary N) is 5. The fourth-order valence-electron chi connectivity index (χ4n) is 10.0. The van der Waals surface area contributed by atoms with E-state index in [1.165, 1.54) is 30.7 Å². The van der Waals surface area contributed by atoms with E-state index in [-0.39, 0.29) is 43.7 Å². The second kappa shape index (κ2) is 30.0. The number of nitrogens with two attached hydrogens (primary N) is 1. The summed E-state index contributed by atoms with van der Waals surface area (Å²) in [5.41, 5.74) is 5.67. The number of aliphatic hydroxyl groups excluding tert-OH is 7. The zero-order chi connectivity index (χ0) is 55.7. The standard InChI is InChI=1S/C51H84N8O16/c1-6-27(2)23-28(3)13-11-9-7-8-10-12-14-38(66)53-33-25-37(65)49(75-5)57-48(72)42-36(64)20-22-58(42)51(74)40(35(63)19-21-52)55-47(71)41(44(68)43(67)30-15-17-31(61)18-16-30)56-46(70)34-24-32(62)26-59(34)50(73)39(29(4)60)54-45(33)69/h15-18,27-29,32-37,39-44,49,60-65,67-68H,6-14,19-26,52H2,1-5H3,(H,53,66)(H,54,69)(H,55,71)(H,56,70)(H,57,72). The Balaban J connectivity index is 1.70. The first-order valence-electron chi connectivity index (χ1n) is 26.4. The first kappa shape index (κ1) is 62.5. The van der Waals surface area contributed by atoms with Crippen LogP contribution in [-0.2, 0) is 38.3 Å². The predicted molar refractivity (Wildman–Crippen MR) is 270 cm³/mol. The number of hydrogen-bond acceptors (Lipinski definition) is 17. The highest BCUT2D eigenvalue weighted by atomic mass is 16.5. The van der Waals surface area contributed by atoms with Gasteiger partial charge in [-0.1, -0.05) is 77.8 Å². The van der Waals surface area contributed by atoms with Crippen LogP contribution in [-0.4, -0.2) is 198 Å². The normalized spacial score (nSPS) is 29.1. The predicted octanol–water partition coefficient (Wildman–Crippen LogP) is -2.21. The molecule has 0 spiro atoms. The maximum Gasteiger partial charge on any atom is 0.248 e. The smallest absolute Gasteiger partial charge is 0.248 e. The summed E-state index contributed by atoms with van der Waals surface area (Å²) in [7, 11) is 1.10. The van der Waals surface area contributed by atoms with Crippen molar-refractivity contribution in [3.8, 4) is 5.75 Å². The van der Waals surface area contributed by atoms with E-state index in [4.69, 9.17) is 10.5 Å². The van der Waals surface area contributed by atoms with Gasteiger partial charge in [0, 0.05) is 39.5 Å². The molecule has 3 fully saturated rings. The molecule has 3 saturated heterocycles. The number of methoxy groups -OCH3 is 1. The Morgan fingerprint density at radius 3 is 1.99 bits per heavy atom. The van der Waals surface area contributed by atoms with Crippen LogP contribution in [0.3, 0.4) is 0 Å². The Morgan fingerprint density at radius 1 is 0.747 bits per heavy atom. The quantitative estimate of drug-likeness (QED) is 0.0580. The Kier molecular flexibility index (Phi) is 25.0. The number of ether oxygens (including phenoxy) is 1. The number of rotatable bonds is 21. The number of phenols is 1. The fourth-order valence-corrected chi connectivity index (χ4v) is 10.0. The third-order valence-corrected chi connectivity index (χ3v) is 14.6. The highest BCUT2D eigenvalue weighted by Gasteiger charge is 2.49. The van der Waals surface area contributed by atoms with E-state index in [2.05, 4.69) is 47.4 Å². The van der Waals surface area contributed by atoms with Gasteiger partial charge in [-0.2, -0.15) is 0 Å². The molecule has 0 bridgehead atoms. The molecule has 24 nitrogen and oxygen atoms in total. The molecule has 424 valence electrons. The van der Waals surface area contributed by atoms with Crippen LogP contribution in [0.1, 0.15) is 129 Å². The van der Waals surface area contributed by atoms with Crippen molar-refractivity contribution in [1.29, 1.82) is 0 Å². The van der Waals surface area contributed by atoms with Crippen molar-refractivity contribution < 1.29 is 79.2 Å². The van der Waals surface area contributed by atoms with E-state index in [0.29, 0.717) is 24.7 Å². The van der Waals surface area contributed by atoms with Crippen molar-refractivity contribution >= 4 is 41.4 Å². The van der Waals surface area contributed by atoms with Gasteiger partial charge in [0.15, 0.2) is 6.23 Å². The van der Waals surface area contributed by atoms with E-state index in [9.17, 15) is 74.4 Å². The molecule has 3 aliphatic heterocycles. The van der Waals surface area contributed by atoms with Gasteiger partial charge in [0.05, 0.1) is 24.4 Å². The van der Waals surface area contributed by atoms with E-state index in [0.717, 1.165) is 62.4 Å². The van der Waals surface area contributed by atoms with Gasteiger partial charge < -0.3 is 87.7 Å². The number of phenolic OH excluding ortho intramolecular Hbond substituents is 1. The summed E-state index contributed by atoms with van der Waals surface area (Å²) in [4.78, 5) is 101. The van der Waals surface area contributed by atoms with Gasteiger partial charge in [0.1, 0.15) is 60.3 Å². The molecule has 0 radical (unpaired) electrons. The molecule has 1 aromatic rings. The van der Waals surface area contributed by atoms with Gasteiger partial charge in [-0.15, -0.1) is 0 Å². The van der Waals surface area contributed by atoms with Gasteiger partial charge in [-0.05, 0) is 68.7 Å². The van der Waals surface area contributed by atoms with Gasteiger partial charge in [0.2, 0.25) is 41.4 Å². The Morgan fingerprint density at radius 2 is 1.36 bits per heavy atom. The molecule has 3 aliphatic rings. The number of carbonyl (C=O) groups is 7. The molecule has 0 aliphatic carbocycles. The average Bonchev–Trinajstić information content (AvgIpc) is 3.97. The highest BCUT2D eigenvalue weighted by Crippen LogP contribution is 2.27. The maximum atomic E-state index is 14.5. The number of aliphatic hydroxyl groups is 7. The van der Waals surface area contributed by atoms with Crippen LogP contribution >= 0.6 is 0 Å². The zero-order valence-corrected chi connectivity index (χ0v) is 43.9. The van der Waals surface area contributed by atoms with Crippen LogP contribution < -0.4 is 32.3 Å². The molecule has 16 unspecified atom stereocenters. The van der Waals surface area contributed by atoms with Crippen molar-refractivity contribution in [2.75, 3.05) is 26.7 Å². The summed E-state index contributed by atoms with van der Waals surface area (Å²) in [5, 5.41) is 101. The molecule has 4 rings (SSSR count). The third-order valence-electron chi connectivity index (χ3n) is 14.6. The zero-order valence-electron chi connectivity index (χ0n) is 43.9.